The highest BCUT2D eigenvalue weighted by Crippen LogP contribution is 2.16. The summed E-state index contributed by atoms with van der Waals surface area (Å²) >= 11 is 0. The lowest BCUT2D eigenvalue weighted by molar-refractivity contribution is 0.0628. The molecule has 1 amide bonds. The molecule has 1 aliphatic heterocycles. The summed E-state index contributed by atoms with van der Waals surface area (Å²) in [5, 5.41) is 0. The Bertz CT molecular complexity index is 1010. The molecule has 1 fully saturated rings. The largest absolute Gasteiger partial charge is 0.489 e. The molecule has 0 spiro atoms. The molecule has 160 valence electrons. The van der Waals surface area contributed by atoms with E-state index in [4.69, 9.17) is 4.74 Å². The van der Waals surface area contributed by atoms with E-state index in [0.717, 1.165) is 38.3 Å². The molecule has 31 heavy (non-hydrogen) atoms. The maximum absolute atomic E-state index is 13.0. The van der Waals surface area contributed by atoms with E-state index < -0.39 is 0 Å². The Balaban J connectivity index is 1.27. The minimum atomic E-state index is -0.286. The lowest BCUT2D eigenvalue weighted by Crippen LogP contribution is -2.48. The molecule has 0 saturated carbocycles. The Kier molecular flexibility index (Phi) is 6.63. The number of halogens is 1. The van der Waals surface area contributed by atoms with Crippen LogP contribution in [0.2, 0.25) is 0 Å². The second-order valence-corrected chi connectivity index (χ2v) is 7.93. The van der Waals surface area contributed by atoms with Gasteiger partial charge >= 0.3 is 0 Å². The second-order valence-electron chi connectivity index (χ2n) is 7.93. The van der Waals surface area contributed by atoms with E-state index in [1.54, 1.807) is 12.1 Å². The highest BCUT2D eigenvalue weighted by molar-refractivity contribution is 5.94. The van der Waals surface area contributed by atoms with E-state index in [1.165, 1.54) is 23.3 Å². The van der Waals surface area contributed by atoms with Gasteiger partial charge in [-0.15, -0.1) is 0 Å². The smallest absolute Gasteiger partial charge is 0.253 e. The summed E-state index contributed by atoms with van der Waals surface area (Å²) in [6.45, 7) is 6.67. The molecule has 1 aliphatic rings. The number of piperazine rings is 1. The number of rotatable bonds is 6. The van der Waals surface area contributed by atoms with Crippen molar-refractivity contribution in [2.24, 2.45) is 0 Å². The second kappa shape index (κ2) is 9.75. The first-order valence-corrected chi connectivity index (χ1v) is 10.6. The Morgan fingerprint density at radius 2 is 1.58 bits per heavy atom. The van der Waals surface area contributed by atoms with Crippen molar-refractivity contribution in [3.8, 4) is 5.75 Å². The zero-order valence-corrected chi connectivity index (χ0v) is 17.8. The fourth-order valence-corrected chi connectivity index (χ4v) is 3.76. The zero-order valence-electron chi connectivity index (χ0n) is 17.8. The van der Waals surface area contributed by atoms with Crippen molar-refractivity contribution in [2.45, 2.75) is 20.1 Å². The Morgan fingerprint density at radius 3 is 2.26 bits per heavy atom. The topological polar surface area (TPSA) is 32.8 Å². The molecule has 1 saturated heterocycles. The fraction of sp³-hybridized carbons (Fsp3) is 0.269. The highest BCUT2D eigenvalue weighted by atomic mass is 19.1. The summed E-state index contributed by atoms with van der Waals surface area (Å²) in [6, 6.07) is 21.9. The van der Waals surface area contributed by atoms with E-state index >= 15 is 0 Å². The van der Waals surface area contributed by atoms with Crippen LogP contribution in [0.4, 0.5) is 4.39 Å². The SMILES string of the molecule is Cc1ccccc1CN1CCN(C(=O)c2ccc(COc3ccc(F)cc3)cc2)CC1. The number of hydrogen-bond acceptors (Lipinski definition) is 3. The lowest BCUT2D eigenvalue weighted by Gasteiger charge is -2.35. The summed E-state index contributed by atoms with van der Waals surface area (Å²) in [7, 11) is 0. The molecule has 0 radical (unpaired) electrons. The molecule has 3 aromatic rings. The van der Waals surface area contributed by atoms with Crippen molar-refractivity contribution in [2.75, 3.05) is 26.2 Å². The summed E-state index contributed by atoms with van der Waals surface area (Å²) in [5.74, 6) is 0.401. The molecule has 3 aromatic carbocycles. The quantitative estimate of drug-likeness (QED) is 0.583. The molecule has 0 bridgehead atoms. The molecule has 4 rings (SSSR count). The van der Waals surface area contributed by atoms with Gasteiger partial charge in [0.25, 0.3) is 5.91 Å². The number of benzene rings is 3. The molecular formula is C26H27FN2O2. The van der Waals surface area contributed by atoms with Gasteiger partial charge in [0.05, 0.1) is 0 Å². The van der Waals surface area contributed by atoms with Crippen LogP contribution in [0.5, 0.6) is 5.75 Å². The van der Waals surface area contributed by atoms with E-state index in [2.05, 4.69) is 36.1 Å². The molecule has 5 heteroatoms. The third-order valence-electron chi connectivity index (χ3n) is 5.73. The van der Waals surface area contributed by atoms with Crippen LogP contribution in [0.3, 0.4) is 0 Å². The first-order valence-electron chi connectivity index (χ1n) is 10.6. The zero-order chi connectivity index (χ0) is 21.6. The predicted molar refractivity (Wildman–Crippen MR) is 120 cm³/mol. The van der Waals surface area contributed by atoms with Crippen molar-refractivity contribution in [3.63, 3.8) is 0 Å². The van der Waals surface area contributed by atoms with Crippen LogP contribution >= 0.6 is 0 Å². The molecule has 0 N–H and O–H groups in total. The van der Waals surface area contributed by atoms with Crippen LogP contribution in [-0.4, -0.2) is 41.9 Å². The lowest BCUT2D eigenvalue weighted by atomic mass is 10.1. The van der Waals surface area contributed by atoms with Gasteiger partial charge in [0.15, 0.2) is 0 Å². The normalized spacial score (nSPS) is 14.5. The number of nitrogens with zero attached hydrogens (tertiary/aromatic N) is 2. The minimum Gasteiger partial charge on any atom is -0.489 e. The van der Waals surface area contributed by atoms with Gasteiger partial charge in [-0.25, -0.2) is 4.39 Å². The fourth-order valence-electron chi connectivity index (χ4n) is 3.76. The molecule has 0 aromatic heterocycles. The number of carbonyl (C=O) groups is 1. The van der Waals surface area contributed by atoms with Crippen molar-refractivity contribution in [3.05, 3.63) is 101 Å². The van der Waals surface area contributed by atoms with E-state index in [9.17, 15) is 9.18 Å². The molecule has 0 aliphatic carbocycles. The minimum absolute atomic E-state index is 0.0709. The maximum Gasteiger partial charge on any atom is 0.253 e. The Hall–Kier alpha value is -3.18. The van der Waals surface area contributed by atoms with E-state index in [0.29, 0.717) is 17.9 Å². The highest BCUT2D eigenvalue weighted by Gasteiger charge is 2.22. The number of carbonyl (C=O) groups excluding carboxylic acids is 1. The van der Waals surface area contributed by atoms with Gasteiger partial charge in [-0.3, -0.25) is 9.69 Å². The third-order valence-corrected chi connectivity index (χ3v) is 5.73. The summed E-state index contributed by atoms with van der Waals surface area (Å²) in [4.78, 5) is 17.2. The number of ether oxygens (including phenoxy) is 1. The molecule has 0 atom stereocenters. The number of aryl methyl sites for hydroxylation is 1. The summed E-state index contributed by atoms with van der Waals surface area (Å²) in [6.07, 6.45) is 0. The van der Waals surface area contributed by atoms with Crippen molar-refractivity contribution < 1.29 is 13.9 Å². The van der Waals surface area contributed by atoms with Gasteiger partial charge in [-0.2, -0.15) is 0 Å². The summed E-state index contributed by atoms with van der Waals surface area (Å²) < 4.78 is 18.6. The maximum atomic E-state index is 13.0. The van der Waals surface area contributed by atoms with Crippen molar-refractivity contribution in [1.82, 2.24) is 9.80 Å². The van der Waals surface area contributed by atoms with Gasteiger partial charge in [0.2, 0.25) is 0 Å². The van der Waals surface area contributed by atoms with Gasteiger partial charge < -0.3 is 9.64 Å². The molecule has 4 nitrogen and oxygen atoms in total. The predicted octanol–water partition coefficient (Wildman–Crippen LogP) is 4.67. The van der Waals surface area contributed by atoms with Crippen LogP contribution in [0.15, 0.2) is 72.8 Å². The average Bonchev–Trinajstić information content (AvgIpc) is 2.81. The molecular weight excluding hydrogens is 391 g/mol. The van der Waals surface area contributed by atoms with E-state index in [1.807, 2.05) is 29.2 Å². The average molecular weight is 419 g/mol. The van der Waals surface area contributed by atoms with E-state index in [-0.39, 0.29) is 11.7 Å². The van der Waals surface area contributed by atoms with Crippen LogP contribution in [0.25, 0.3) is 0 Å². The van der Waals surface area contributed by atoms with Crippen molar-refractivity contribution in [1.29, 1.82) is 0 Å². The monoisotopic (exact) mass is 418 g/mol. The number of hydrogen-bond donors (Lipinski definition) is 0. The van der Waals surface area contributed by atoms with Gasteiger partial charge in [-0.1, -0.05) is 36.4 Å². The Labute approximate surface area is 182 Å². The van der Waals surface area contributed by atoms with Gasteiger partial charge in [-0.05, 0) is 60.0 Å². The first-order chi connectivity index (χ1) is 15.1. The summed E-state index contributed by atoms with van der Waals surface area (Å²) in [5.41, 5.74) is 4.31. The Morgan fingerprint density at radius 1 is 0.903 bits per heavy atom. The first kappa shape index (κ1) is 21.1. The van der Waals surface area contributed by atoms with Crippen LogP contribution in [0, 0.1) is 12.7 Å². The van der Waals surface area contributed by atoms with Crippen molar-refractivity contribution >= 4 is 5.91 Å². The van der Waals surface area contributed by atoms with Crippen LogP contribution < -0.4 is 4.74 Å². The van der Waals surface area contributed by atoms with Gasteiger partial charge in [0, 0.05) is 38.3 Å². The standard InChI is InChI=1S/C26H27FN2O2/c1-20-4-2-3-5-23(20)18-28-14-16-29(17-15-28)26(30)22-8-6-21(7-9-22)19-31-25-12-10-24(27)11-13-25/h2-13H,14-19H2,1H3. The van der Waals surface area contributed by atoms with Crippen LogP contribution in [-0.2, 0) is 13.2 Å². The number of amides is 1. The third kappa shape index (κ3) is 5.50. The van der Waals surface area contributed by atoms with Gasteiger partial charge in [0.1, 0.15) is 18.2 Å². The van der Waals surface area contributed by atoms with Crippen LogP contribution in [0.1, 0.15) is 27.0 Å². The molecule has 1 heterocycles. The molecule has 0 unspecified atom stereocenters.